The molecule has 2 heteroatoms. The Bertz CT molecular complexity index is 422. The fraction of sp³-hybridized carbons (Fsp3) is 0.737. The van der Waals surface area contributed by atoms with E-state index in [2.05, 4.69) is 24.9 Å². The van der Waals surface area contributed by atoms with E-state index < -0.39 is 0 Å². The Kier molecular flexibility index (Phi) is 6.53. The minimum atomic E-state index is 0.404. The number of unbranched alkanes of at least 4 members (excludes halogenated alkanes) is 3. The molecule has 2 rings (SSSR count). The molecule has 0 saturated heterocycles. The highest BCUT2D eigenvalue weighted by atomic mass is 16.5. The highest BCUT2D eigenvalue weighted by Gasteiger charge is 2.22. The van der Waals surface area contributed by atoms with E-state index in [1.165, 1.54) is 63.4 Å². The van der Waals surface area contributed by atoms with Crippen molar-refractivity contribution in [2.75, 3.05) is 0 Å². The van der Waals surface area contributed by atoms with Gasteiger partial charge in [-0.15, -0.1) is 0 Å². The van der Waals surface area contributed by atoms with Gasteiger partial charge in [-0.2, -0.15) is 0 Å². The molecule has 0 N–H and O–H groups in total. The highest BCUT2D eigenvalue weighted by Crippen LogP contribution is 2.31. The van der Waals surface area contributed by atoms with E-state index in [1.807, 2.05) is 13.1 Å². The normalized spacial score (nSPS) is 22.2. The molecule has 0 aliphatic heterocycles. The minimum absolute atomic E-state index is 0.404. The molecule has 0 unspecified atom stereocenters. The lowest BCUT2D eigenvalue weighted by atomic mass is 9.84. The molecule has 1 aliphatic rings. The second kappa shape index (κ2) is 8.41. The van der Waals surface area contributed by atoms with Gasteiger partial charge in [-0.05, 0) is 57.1 Å². The molecule has 1 aromatic rings. The summed E-state index contributed by atoms with van der Waals surface area (Å²) >= 11 is 0. The number of aromatic nitrogens is 1. The predicted molar refractivity (Wildman–Crippen MR) is 88.8 cm³/mol. The lowest BCUT2D eigenvalue weighted by Crippen LogP contribution is -2.24. The van der Waals surface area contributed by atoms with Crippen molar-refractivity contribution in [3.8, 4) is 5.75 Å². The van der Waals surface area contributed by atoms with Gasteiger partial charge in [0, 0.05) is 5.69 Å². The van der Waals surface area contributed by atoms with Gasteiger partial charge in [0.1, 0.15) is 5.75 Å². The number of aryl methyl sites for hydroxylation is 2. The van der Waals surface area contributed by atoms with Gasteiger partial charge < -0.3 is 4.74 Å². The molecule has 0 spiro atoms. The standard InChI is InChI=1S/C19H31NO/c1-4-5-6-7-8-17-9-11-18(12-10-17)21-19-13-15(2)16(3)20-14-19/h13-14,17-18H,4-12H2,1-3H3/t17-,18-. The molecule has 21 heavy (non-hydrogen) atoms. The predicted octanol–water partition coefficient (Wildman–Crippen LogP) is 5.61. The summed E-state index contributed by atoms with van der Waals surface area (Å²) in [5.41, 5.74) is 2.32. The second-order valence-corrected chi connectivity index (χ2v) is 6.68. The number of nitrogens with zero attached hydrogens (tertiary/aromatic N) is 1. The zero-order chi connectivity index (χ0) is 15.1. The van der Waals surface area contributed by atoms with E-state index in [-0.39, 0.29) is 0 Å². The third-order valence-corrected chi connectivity index (χ3v) is 4.88. The van der Waals surface area contributed by atoms with E-state index in [4.69, 9.17) is 4.74 Å². The fourth-order valence-electron chi connectivity index (χ4n) is 3.27. The first kappa shape index (κ1) is 16.3. The van der Waals surface area contributed by atoms with Crippen molar-refractivity contribution in [2.45, 2.75) is 84.7 Å². The quantitative estimate of drug-likeness (QED) is 0.609. The summed E-state index contributed by atoms with van der Waals surface area (Å²) in [5.74, 6) is 1.89. The van der Waals surface area contributed by atoms with Gasteiger partial charge in [-0.1, -0.05) is 39.0 Å². The number of hydrogen-bond acceptors (Lipinski definition) is 2. The maximum Gasteiger partial charge on any atom is 0.138 e. The number of rotatable bonds is 7. The van der Waals surface area contributed by atoms with Gasteiger partial charge in [0.25, 0.3) is 0 Å². The van der Waals surface area contributed by atoms with Crippen molar-refractivity contribution in [3.05, 3.63) is 23.5 Å². The number of pyridine rings is 1. The molecule has 0 atom stereocenters. The third-order valence-electron chi connectivity index (χ3n) is 4.88. The maximum absolute atomic E-state index is 6.12. The molecule has 2 nitrogen and oxygen atoms in total. The lowest BCUT2D eigenvalue weighted by Gasteiger charge is -2.29. The van der Waals surface area contributed by atoms with Gasteiger partial charge in [-0.3, -0.25) is 4.98 Å². The van der Waals surface area contributed by atoms with Crippen LogP contribution in [0.15, 0.2) is 12.3 Å². The zero-order valence-electron chi connectivity index (χ0n) is 14.0. The lowest BCUT2D eigenvalue weighted by molar-refractivity contribution is 0.127. The van der Waals surface area contributed by atoms with Crippen LogP contribution in [0.3, 0.4) is 0 Å². The van der Waals surface area contributed by atoms with Crippen LogP contribution in [0.1, 0.15) is 76.0 Å². The summed E-state index contributed by atoms with van der Waals surface area (Å²) in [5, 5.41) is 0. The maximum atomic E-state index is 6.12. The topological polar surface area (TPSA) is 22.1 Å². The summed E-state index contributed by atoms with van der Waals surface area (Å²) in [6.07, 6.45) is 14.4. The molecule has 0 bridgehead atoms. The SMILES string of the molecule is CCCCCC[C@H]1CC[C@H](Oc2cnc(C)c(C)c2)CC1. The first-order chi connectivity index (χ1) is 10.2. The first-order valence-corrected chi connectivity index (χ1v) is 8.79. The van der Waals surface area contributed by atoms with Crippen molar-refractivity contribution in [2.24, 2.45) is 5.92 Å². The van der Waals surface area contributed by atoms with E-state index in [9.17, 15) is 0 Å². The van der Waals surface area contributed by atoms with Crippen LogP contribution in [0.4, 0.5) is 0 Å². The Hall–Kier alpha value is -1.05. The molecule has 0 radical (unpaired) electrons. The first-order valence-electron chi connectivity index (χ1n) is 8.79. The summed E-state index contributed by atoms with van der Waals surface area (Å²) in [7, 11) is 0. The molecule has 1 heterocycles. The van der Waals surface area contributed by atoms with E-state index in [0.29, 0.717) is 6.10 Å². The van der Waals surface area contributed by atoms with Crippen molar-refractivity contribution in [3.63, 3.8) is 0 Å². The molecule has 0 amide bonds. The summed E-state index contributed by atoms with van der Waals surface area (Å²) < 4.78 is 6.12. The van der Waals surface area contributed by atoms with Crippen molar-refractivity contribution in [1.82, 2.24) is 4.98 Å². The summed E-state index contributed by atoms with van der Waals surface area (Å²) in [6.45, 7) is 6.43. The Morgan fingerprint density at radius 1 is 1.10 bits per heavy atom. The van der Waals surface area contributed by atoms with Gasteiger partial charge in [-0.25, -0.2) is 0 Å². The third kappa shape index (κ3) is 5.33. The van der Waals surface area contributed by atoms with Crippen LogP contribution < -0.4 is 4.74 Å². The molecule has 1 saturated carbocycles. The van der Waals surface area contributed by atoms with Crippen LogP contribution in [0.5, 0.6) is 5.75 Å². The van der Waals surface area contributed by atoms with Gasteiger partial charge in [0.15, 0.2) is 0 Å². The van der Waals surface area contributed by atoms with Crippen LogP contribution in [-0.4, -0.2) is 11.1 Å². The van der Waals surface area contributed by atoms with Crippen LogP contribution in [0, 0.1) is 19.8 Å². The molecule has 1 aromatic heterocycles. The second-order valence-electron chi connectivity index (χ2n) is 6.68. The van der Waals surface area contributed by atoms with Crippen LogP contribution >= 0.6 is 0 Å². The Balaban J connectivity index is 1.70. The zero-order valence-corrected chi connectivity index (χ0v) is 14.0. The van der Waals surface area contributed by atoms with Gasteiger partial charge in [0.2, 0.25) is 0 Å². The Labute approximate surface area is 130 Å². The number of ether oxygens (including phenoxy) is 1. The smallest absolute Gasteiger partial charge is 0.138 e. The average molecular weight is 289 g/mol. The highest BCUT2D eigenvalue weighted by molar-refractivity contribution is 5.27. The van der Waals surface area contributed by atoms with Crippen molar-refractivity contribution >= 4 is 0 Å². The molecule has 0 aromatic carbocycles. The minimum Gasteiger partial charge on any atom is -0.489 e. The van der Waals surface area contributed by atoms with Crippen molar-refractivity contribution < 1.29 is 4.74 Å². The molecule has 1 aliphatic carbocycles. The van der Waals surface area contributed by atoms with Gasteiger partial charge in [0.05, 0.1) is 12.3 Å². The van der Waals surface area contributed by atoms with Crippen molar-refractivity contribution in [1.29, 1.82) is 0 Å². The fourth-order valence-corrected chi connectivity index (χ4v) is 3.27. The Morgan fingerprint density at radius 2 is 1.86 bits per heavy atom. The summed E-state index contributed by atoms with van der Waals surface area (Å²) in [4.78, 5) is 4.39. The van der Waals surface area contributed by atoms with E-state index >= 15 is 0 Å². The van der Waals surface area contributed by atoms with E-state index in [0.717, 1.165) is 17.4 Å². The molecular formula is C19H31NO. The number of hydrogen-bond donors (Lipinski definition) is 0. The largest absolute Gasteiger partial charge is 0.489 e. The van der Waals surface area contributed by atoms with Crippen LogP contribution in [0.2, 0.25) is 0 Å². The van der Waals surface area contributed by atoms with E-state index in [1.54, 1.807) is 0 Å². The monoisotopic (exact) mass is 289 g/mol. The molecule has 118 valence electrons. The Morgan fingerprint density at radius 3 is 2.52 bits per heavy atom. The van der Waals surface area contributed by atoms with Crippen LogP contribution in [-0.2, 0) is 0 Å². The molecule has 1 fully saturated rings. The summed E-state index contributed by atoms with van der Waals surface area (Å²) in [6, 6.07) is 2.12. The van der Waals surface area contributed by atoms with Gasteiger partial charge >= 0.3 is 0 Å². The van der Waals surface area contributed by atoms with Crippen LogP contribution in [0.25, 0.3) is 0 Å². The average Bonchev–Trinajstić information content (AvgIpc) is 2.49. The molecular weight excluding hydrogens is 258 g/mol.